The number of rotatable bonds is 3. The number of hydrogen-bond acceptors (Lipinski definition) is 3. The summed E-state index contributed by atoms with van der Waals surface area (Å²) in [5.74, 6) is 0.642. The number of fused-ring (bicyclic) bond motifs is 2. The predicted molar refractivity (Wildman–Crippen MR) is 122 cm³/mol. The summed E-state index contributed by atoms with van der Waals surface area (Å²) in [4.78, 5) is 17.3. The SMILES string of the molecule is O=C1C=CC2(Cc3cccc4cccc(c34)C2)c2cccc(OCc3ccccn3)c21. The maximum atomic E-state index is 13.0. The quantitative estimate of drug-likeness (QED) is 0.447. The van der Waals surface area contributed by atoms with Gasteiger partial charge in [-0.15, -0.1) is 0 Å². The van der Waals surface area contributed by atoms with Crippen LogP contribution in [0.25, 0.3) is 10.8 Å². The number of allylic oxidation sites excluding steroid dienone is 2. The van der Waals surface area contributed by atoms with E-state index in [1.807, 2.05) is 30.3 Å². The van der Waals surface area contributed by atoms with E-state index in [9.17, 15) is 4.79 Å². The van der Waals surface area contributed by atoms with Gasteiger partial charge in [-0.25, -0.2) is 0 Å². The number of ketones is 1. The van der Waals surface area contributed by atoms with E-state index in [1.165, 1.54) is 21.9 Å². The van der Waals surface area contributed by atoms with Gasteiger partial charge in [0, 0.05) is 11.6 Å². The number of ether oxygens (including phenoxy) is 1. The summed E-state index contributed by atoms with van der Waals surface area (Å²) in [6.07, 6.45) is 7.37. The first-order chi connectivity index (χ1) is 15.2. The number of carbonyl (C=O) groups excluding carboxylic acids is 1. The Balaban J connectivity index is 1.44. The average molecular weight is 403 g/mol. The second-order valence-electron chi connectivity index (χ2n) is 8.43. The van der Waals surface area contributed by atoms with E-state index in [1.54, 1.807) is 12.3 Å². The molecule has 3 nitrogen and oxygen atoms in total. The third kappa shape index (κ3) is 2.89. The molecule has 3 aromatic carbocycles. The van der Waals surface area contributed by atoms with E-state index < -0.39 is 0 Å². The molecule has 0 aliphatic heterocycles. The molecule has 0 radical (unpaired) electrons. The Labute approximate surface area is 181 Å². The summed E-state index contributed by atoms with van der Waals surface area (Å²) in [7, 11) is 0. The van der Waals surface area contributed by atoms with Gasteiger partial charge in [0.25, 0.3) is 0 Å². The second kappa shape index (κ2) is 6.92. The zero-order chi connectivity index (χ0) is 20.8. The maximum Gasteiger partial charge on any atom is 0.189 e. The second-order valence-corrected chi connectivity index (χ2v) is 8.43. The smallest absolute Gasteiger partial charge is 0.189 e. The molecule has 0 fully saturated rings. The van der Waals surface area contributed by atoms with E-state index in [0.29, 0.717) is 17.9 Å². The van der Waals surface area contributed by atoms with Gasteiger partial charge in [-0.3, -0.25) is 9.78 Å². The number of aromatic nitrogens is 1. The molecular weight excluding hydrogens is 382 g/mol. The molecule has 150 valence electrons. The molecule has 2 aliphatic carbocycles. The van der Waals surface area contributed by atoms with Crippen LogP contribution in [0.4, 0.5) is 0 Å². The van der Waals surface area contributed by atoms with Crippen molar-refractivity contribution in [2.75, 3.05) is 0 Å². The standard InChI is InChI=1S/C28H21NO2/c30-24-13-14-28(16-20-8-3-6-19-7-4-9-21(17-28)26(19)20)23-11-5-12-25(27(23)24)31-18-22-10-1-2-15-29-22/h1-15H,16-18H2. The van der Waals surface area contributed by atoms with Gasteiger partial charge in [0.2, 0.25) is 0 Å². The van der Waals surface area contributed by atoms with Crippen LogP contribution in [0, 0.1) is 0 Å². The molecule has 6 rings (SSSR count). The summed E-state index contributed by atoms with van der Waals surface area (Å²) in [6, 6.07) is 24.8. The van der Waals surface area contributed by atoms with Crippen molar-refractivity contribution in [1.82, 2.24) is 4.98 Å². The third-order valence-corrected chi connectivity index (χ3v) is 6.55. The Bertz CT molecular complexity index is 1310. The van der Waals surface area contributed by atoms with Crippen LogP contribution < -0.4 is 4.74 Å². The monoisotopic (exact) mass is 403 g/mol. The zero-order valence-electron chi connectivity index (χ0n) is 17.0. The van der Waals surface area contributed by atoms with Gasteiger partial charge in [-0.1, -0.05) is 60.7 Å². The van der Waals surface area contributed by atoms with Crippen LogP contribution in [-0.4, -0.2) is 10.8 Å². The van der Waals surface area contributed by atoms with E-state index >= 15 is 0 Å². The number of hydrogen-bond donors (Lipinski definition) is 0. The van der Waals surface area contributed by atoms with Gasteiger partial charge in [0.05, 0.1) is 11.3 Å². The largest absolute Gasteiger partial charge is 0.487 e. The lowest BCUT2D eigenvalue weighted by Gasteiger charge is -2.39. The molecule has 2 aliphatic rings. The highest BCUT2D eigenvalue weighted by Crippen LogP contribution is 2.46. The summed E-state index contributed by atoms with van der Waals surface area (Å²) < 4.78 is 6.10. The highest BCUT2D eigenvalue weighted by Gasteiger charge is 2.40. The zero-order valence-corrected chi connectivity index (χ0v) is 17.0. The molecule has 1 spiro atoms. The Morgan fingerprint density at radius 1 is 0.871 bits per heavy atom. The molecule has 4 aromatic rings. The van der Waals surface area contributed by atoms with Crippen LogP contribution >= 0.6 is 0 Å². The first-order valence-corrected chi connectivity index (χ1v) is 10.6. The predicted octanol–water partition coefficient (Wildman–Crippen LogP) is 5.60. The Morgan fingerprint density at radius 2 is 1.65 bits per heavy atom. The van der Waals surface area contributed by atoms with Crippen LogP contribution in [0.15, 0.2) is 91.1 Å². The number of pyridine rings is 1. The lowest BCUT2D eigenvalue weighted by atomic mass is 9.63. The van der Waals surface area contributed by atoms with Crippen molar-refractivity contribution in [3.8, 4) is 5.75 Å². The molecule has 31 heavy (non-hydrogen) atoms. The normalized spacial score (nSPS) is 15.8. The summed E-state index contributed by atoms with van der Waals surface area (Å²) >= 11 is 0. The first-order valence-electron chi connectivity index (χ1n) is 10.6. The summed E-state index contributed by atoms with van der Waals surface area (Å²) in [6.45, 7) is 0.337. The molecule has 0 saturated carbocycles. The van der Waals surface area contributed by atoms with Crippen molar-refractivity contribution in [2.45, 2.75) is 24.9 Å². The number of carbonyl (C=O) groups is 1. The topological polar surface area (TPSA) is 39.2 Å². The first kappa shape index (κ1) is 18.1. The Morgan fingerprint density at radius 3 is 2.39 bits per heavy atom. The van der Waals surface area contributed by atoms with Crippen molar-refractivity contribution >= 4 is 16.6 Å². The molecule has 0 bridgehead atoms. The summed E-state index contributed by atoms with van der Waals surface area (Å²) in [5, 5.41) is 2.65. The fraction of sp³-hybridized carbons (Fsp3) is 0.143. The van der Waals surface area contributed by atoms with Crippen molar-refractivity contribution in [1.29, 1.82) is 0 Å². The van der Waals surface area contributed by atoms with Crippen LogP contribution in [-0.2, 0) is 24.9 Å². The van der Waals surface area contributed by atoms with E-state index in [-0.39, 0.29) is 11.2 Å². The molecule has 3 heteroatoms. The van der Waals surface area contributed by atoms with Crippen LogP contribution in [0.5, 0.6) is 5.75 Å². The lowest BCUT2D eigenvalue weighted by molar-refractivity contribution is 0.103. The van der Waals surface area contributed by atoms with Gasteiger partial charge in [-0.05, 0) is 64.6 Å². The van der Waals surface area contributed by atoms with Gasteiger partial charge in [-0.2, -0.15) is 0 Å². The Kier molecular flexibility index (Phi) is 4.03. The molecule has 0 amide bonds. The lowest BCUT2D eigenvalue weighted by Crippen LogP contribution is -2.36. The third-order valence-electron chi connectivity index (χ3n) is 6.55. The van der Waals surface area contributed by atoms with Crippen LogP contribution in [0.1, 0.15) is 32.7 Å². The van der Waals surface area contributed by atoms with E-state index in [0.717, 1.165) is 24.1 Å². The van der Waals surface area contributed by atoms with Gasteiger partial charge in [0.15, 0.2) is 5.78 Å². The van der Waals surface area contributed by atoms with Gasteiger partial charge >= 0.3 is 0 Å². The van der Waals surface area contributed by atoms with E-state index in [4.69, 9.17) is 4.74 Å². The average Bonchev–Trinajstić information content (AvgIpc) is 2.81. The fourth-order valence-electron chi connectivity index (χ4n) is 5.21. The molecule has 1 heterocycles. The van der Waals surface area contributed by atoms with Crippen molar-refractivity contribution < 1.29 is 9.53 Å². The molecule has 0 atom stereocenters. The number of benzene rings is 3. The molecule has 0 N–H and O–H groups in total. The molecule has 0 unspecified atom stereocenters. The Hall–Kier alpha value is -3.72. The molecule has 0 saturated heterocycles. The van der Waals surface area contributed by atoms with Crippen LogP contribution in [0.3, 0.4) is 0 Å². The van der Waals surface area contributed by atoms with Crippen molar-refractivity contribution in [3.63, 3.8) is 0 Å². The minimum absolute atomic E-state index is 0.00862. The van der Waals surface area contributed by atoms with Crippen molar-refractivity contribution in [3.05, 3.63) is 119 Å². The van der Waals surface area contributed by atoms with Crippen molar-refractivity contribution in [2.24, 2.45) is 0 Å². The van der Waals surface area contributed by atoms with Gasteiger partial charge < -0.3 is 4.74 Å². The van der Waals surface area contributed by atoms with E-state index in [2.05, 4.69) is 53.5 Å². The molecule has 1 aromatic heterocycles. The summed E-state index contributed by atoms with van der Waals surface area (Å²) in [5.41, 5.74) is 5.02. The maximum absolute atomic E-state index is 13.0. The highest BCUT2D eigenvalue weighted by atomic mass is 16.5. The van der Waals surface area contributed by atoms with Crippen LogP contribution in [0.2, 0.25) is 0 Å². The fourth-order valence-corrected chi connectivity index (χ4v) is 5.21. The van der Waals surface area contributed by atoms with Gasteiger partial charge in [0.1, 0.15) is 12.4 Å². The minimum atomic E-state index is -0.240. The molecular formula is C28H21NO2. The number of nitrogens with zero attached hydrogens (tertiary/aromatic N) is 1. The minimum Gasteiger partial charge on any atom is -0.487 e. The highest BCUT2D eigenvalue weighted by molar-refractivity contribution is 6.09.